The number of carboxylic acids is 1. The molecule has 0 aliphatic heterocycles. The molecule has 0 radical (unpaired) electrons. The van der Waals surface area contributed by atoms with Gasteiger partial charge in [0.2, 0.25) is 0 Å². The Labute approximate surface area is 101 Å². The SMILES string of the molecule is CCOC1=CCC2CC(C)=C(CC(=O)O)C2=C1. The van der Waals surface area contributed by atoms with E-state index in [0.29, 0.717) is 12.5 Å². The van der Waals surface area contributed by atoms with Crippen molar-refractivity contribution in [2.75, 3.05) is 6.61 Å². The van der Waals surface area contributed by atoms with E-state index < -0.39 is 5.97 Å². The zero-order valence-electron chi connectivity index (χ0n) is 10.3. The number of carbonyl (C=O) groups is 1. The standard InChI is InChI=1S/C14H18O3/c1-3-17-11-5-4-10-6-9(2)12(8-14(15)16)13(10)7-11/h5,7,10H,3-4,6,8H2,1-2H3,(H,15,16). The van der Waals surface area contributed by atoms with Gasteiger partial charge >= 0.3 is 5.97 Å². The van der Waals surface area contributed by atoms with Gasteiger partial charge in [-0.15, -0.1) is 0 Å². The molecule has 2 aliphatic carbocycles. The predicted molar refractivity (Wildman–Crippen MR) is 65.5 cm³/mol. The van der Waals surface area contributed by atoms with E-state index in [0.717, 1.165) is 24.2 Å². The fraction of sp³-hybridized carbons (Fsp3) is 0.500. The van der Waals surface area contributed by atoms with Gasteiger partial charge in [0.25, 0.3) is 0 Å². The summed E-state index contributed by atoms with van der Waals surface area (Å²) in [7, 11) is 0. The maximum absolute atomic E-state index is 10.9. The molecule has 3 heteroatoms. The Morgan fingerprint density at radius 3 is 3.00 bits per heavy atom. The molecule has 0 heterocycles. The highest BCUT2D eigenvalue weighted by molar-refractivity contribution is 5.73. The van der Waals surface area contributed by atoms with E-state index in [4.69, 9.17) is 9.84 Å². The molecule has 17 heavy (non-hydrogen) atoms. The molecule has 3 nitrogen and oxygen atoms in total. The highest BCUT2D eigenvalue weighted by Gasteiger charge is 2.30. The Morgan fingerprint density at radius 2 is 2.35 bits per heavy atom. The number of hydrogen-bond donors (Lipinski definition) is 1. The van der Waals surface area contributed by atoms with Crippen molar-refractivity contribution in [3.05, 3.63) is 34.6 Å². The molecule has 0 spiro atoms. The first-order valence-corrected chi connectivity index (χ1v) is 6.07. The van der Waals surface area contributed by atoms with Crippen LogP contribution >= 0.6 is 0 Å². The Kier molecular flexibility index (Phi) is 3.36. The highest BCUT2D eigenvalue weighted by atomic mass is 16.5. The lowest BCUT2D eigenvalue weighted by molar-refractivity contribution is -0.136. The van der Waals surface area contributed by atoms with E-state index in [1.807, 2.05) is 19.9 Å². The van der Waals surface area contributed by atoms with Gasteiger partial charge in [-0.2, -0.15) is 0 Å². The third-order valence-corrected chi connectivity index (χ3v) is 3.40. The Balaban J connectivity index is 2.24. The molecule has 1 atom stereocenters. The summed E-state index contributed by atoms with van der Waals surface area (Å²) in [6, 6.07) is 0. The van der Waals surface area contributed by atoms with Crippen molar-refractivity contribution in [1.82, 2.24) is 0 Å². The van der Waals surface area contributed by atoms with Gasteiger partial charge < -0.3 is 9.84 Å². The third-order valence-electron chi connectivity index (χ3n) is 3.40. The van der Waals surface area contributed by atoms with Crippen LogP contribution in [0.1, 0.15) is 33.1 Å². The molecule has 0 aromatic heterocycles. The number of aliphatic carboxylic acids is 1. The first-order chi connectivity index (χ1) is 8.11. The van der Waals surface area contributed by atoms with Gasteiger partial charge in [-0.05, 0) is 55.9 Å². The summed E-state index contributed by atoms with van der Waals surface area (Å²) in [4.78, 5) is 10.9. The van der Waals surface area contributed by atoms with E-state index in [1.165, 1.54) is 11.1 Å². The first-order valence-electron chi connectivity index (χ1n) is 6.07. The molecule has 0 saturated heterocycles. The fourth-order valence-electron chi connectivity index (χ4n) is 2.65. The molecule has 0 aromatic carbocycles. The molecule has 2 aliphatic rings. The van der Waals surface area contributed by atoms with Crippen LogP contribution in [0.4, 0.5) is 0 Å². The molecule has 1 N–H and O–H groups in total. The van der Waals surface area contributed by atoms with Crippen LogP contribution < -0.4 is 0 Å². The van der Waals surface area contributed by atoms with Gasteiger partial charge in [0.1, 0.15) is 5.76 Å². The number of rotatable bonds is 4. The summed E-state index contributed by atoms with van der Waals surface area (Å²) in [5, 5.41) is 8.94. The lowest BCUT2D eigenvalue weighted by atomic mass is 9.89. The summed E-state index contributed by atoms with van der Waals surface area (Å²) in [6.07, 6.45) is 6.21. The van der Waals surface area contributed by atoms with Crippen molar-refractivity contribution >= 4 is 5.97 Å². The molecule has 92 valence electrons. The minimum Gasteiger partial charge on any atom is -0.494 e. The molecule has 0 amide bonds. The van der Waals surface area contributed by atoms with Gasteiger partial charge in [0, 0.05) is 0 Å². The normalized spacial score (nSPS) is 23.1. The fourth-order valence-corrected chi connectivity index (χ4v) is 2.65. The Morgan fingerprint density at radius 1 is 1.59 bits per heavy atom. The second-order valence-corrected chi connectivity index (χ2v) is 4.61. The summed E-state index contributed by atoms with van der Waals surface area (Å²) in [5.41, 5.74) is 3.40. The van der Waals surface area contributed by atoms with Crippen LogP contribution in [0.25, 0.3) is 0 Å². The molecule has 0 saturated carbocycles. The van der Waals surface area contributed by atoms with E-state index in [-0.39, 0.29) is 6.42 Å². The number of hydrogen-bond acceptors (Lipinski definition) is 2. The monoisotopic (exact) mass is 234 g/mol. The van der Waals surface area contributed by atoms with Crippen LogP contribution in [-0.2, 0) is 9.53 Å². The van der Waals surface area contributed by atoms with Crippen molar-refractivity contribution in [2.45, 2.75) is 33.1 Å². The van der Waals surface area contributed by atoms with Crippen LogP contribution in [0, 0.1) is 5.92 Å². The van der Waals surface area contributed by atoms with Crippen molar-refractivity contribution < 1.29 is 14.6 Å². The zero-order chi connectivity index (χ0) is 12.4. The zero-order valence-corrected chi connectivity index (χ0v) is 10.3. The number of fused-ring (bicyclic) bond motifs is 1. The minimum absolute atomic E-state index is 0.133. The first kappa shape index (κ1) is 12.0. The van der Waals surface area contributed by atoms with Crippen LogP contribution in [0.2, 0.25) is 0 Å². The number of ether oxygens (including phenoxy) is 1. The maximum Gasteiger partial charge on any atom is 0.307 e. The molecule has 0 aromatic rings. The average Bonchev–Trinajstić information content (AvgIpc) is 2.56. The minimum atomic E-state index is -0.756. The summed E-state index contributed by atoms with van der Waals surface area (Å²) >= 11 is 0. The Hall–Kier alpha value is -1.51. The van der Waals surface area contributed by atoms with Crippen LogP contribution in [0.15, 0.2) is 34.6 Å². The molecular weight excluding hydrogens is 216 g/mol. The van der Waals surface area contributed by atoms with E-state index in [9.17, 15) is 4.79 Å². The van der Waals surface area contributed by atoms with Crippen molar-refractivity contribution in [2.24, 2.45) is 5.92 Å². The molecule has 2 rings (SSSR count). The second kappa shape index (κ2) is 4.78. The number of carboxylic acid groups (broad SMARTS) is 1. The van der Waals surface area contributed by atoms with Crippen molar-refractivity contribution in [1.29, 1.82) is 0 Å². The average molecular weight is 234 g/mol. The lowest BCUT2D eigenvalue weighted by Crippen LogP contribution is -2.07. The highest BCUT2D eigenvalue weighted by Crippen LogP contribution is 2.43. The van der Waals surface area contributed by atoms with Gasteiger partial charge in [-0.25, -0.2) is 0 Å². The van der Waals surface area contributed by atoms with E-state index in [1.54, 1.807) is 0 Å². The number of allylic oxidation sites excluding steroid dienone is 4. The topological polar surface area (TPSA) is 46.5 Å². The molecule has 0 bridgehead atoms. The van der Waals surface area contributed by atoms with Crippen LogP contribution in [-0.4, -0.2) is 17.7 Å². The summed E-state index contributed by atoms with van der Waals surface area (Å²) in [6.45, 7) is 4.65. The maximum atomic E-state index is 10.9. The van der Waals surface area contributed by atoms with Gasteiger partial charge in [0.05, 0.1) is 13.0 Å². The summed E-state index contributed by atoms with van der Waals surface area (Å²) < 4.78 is 5.49. The molecule has 1 unspecified atom stereocenters. The van der Waals surface area contributed by atoms with Gasteiger partial charge in [-0.1, -0.05) is 5.57 Å². The van der Waals surface area contributed by atoms with Crippen LogP contribution in [0.3, 0.4) is 0 Å². The van der Waals surface area contributed by atoms with Crippen molar-refractivity contribution in [3.63, 3.8) is 0 Å². The van der Waals surface area contributed by atoms with Crippen LogP contribution in [0.5, 0.6) is 0 Å². The quantitative estimate of drug-likeness (QED) is 0.813. The second-order valence-electron chi connectivity index (χ2n) is 4.61. The lowest BCUT2D eigenvalue weighted by Gasteiger charge is -2.19. The van der Waals surface area contributed by atoms with Gasteiger partial charge in [-0.3, -0.25) is 4.79 Å². The largest absolute Gasteiger partial charge is 0.494 e. The molecular formula is C14H18O3. The third kappa shape index (κ3) is 2.43. The Bertz CT molecular complexity index is 427. The molecule has 0 fully saturated rings. The van der Waals surface area contributed by atoms with Gasteiger partial charge in [0.15, 0.2) is 0 Å². The smallest absolute Gasteiger partial charge is 0.307 e. The predicted octanol–water partition coefficient (Wildman–Crippen LogP) is 3.05. The summed E-state index contributed by atoms with van der Waals surface area (Å²) in [5.74, 6) is 0.596. The van der Waals surface area contributed by atoms with E-state index >= 15 is 0 Å². The van der Waals surface area contributed by atoms with E-state index in [2.05, 4.69) is 6.08 Å². The van der Waals surface area contributed by atoms with Crippen molar-refractivity contribution in [3.8, 4) is 0 Å².